The van der Waals surface area contributed by atoms with Crippen LogP contribution in [0.1, 0.15) is 26.3 Å². The Labute approximate surface area is 134 Å². The number of nitrogens with zero attached hydrogens (tertiary/aromatic N) is 1. The second kappa shape index (κ2) is 5.46. The monoisotopic (exact) mass is 350 g/mol. The maximum absolute atomic E-state index is 13.0. The van der Waals surface area contributed by atoms with Crippen molar-refractivity contribution in [3.05, 3.63) is 29.8 Å². The molecule has 8 heteroatoms. The van der Waals surface area contributed by atoms with Crippen LogP contribution < -0.4 is 5.73 Å². The van der Waals surface area contributed by atoms with Gasteiger partial charge in [0.1, 0.15) is 0 Å². The van der Waals surface area contributed by atoms with Crippen molar-refractivity contribution < 1.29 is 21.6 Å². The van der Waals surface area contributed by atoms with E-state index >= 15 is 0 Å². The minimum absolute atomic E-state index is 0.00158. The Morgan fingerprint density at radius 3 is 2.04 bits per heavy atom. The summed E-state index contributed by atoms with van der Waals surface area (Å²) in [5, 5.41) is 0. The lowest BCUT2D eigenvalue weighted by Crippen LogP contribution is -2.59. The second-order valence-corrected chi connectivity index (χ2v) is 8.87. The lowest BCUT2D eigenvalue weighted by molar-refractivity contribution is -0.180. The average molecular weight is 350 g/mol. The zero-order valence-corrected chi connectivity index (χ0v) is 14.1. The maximum Gasteiger partial charge on any atom is 0.397 e. The Balaban J connectivity index is 2.24. The maximum atomic E-state index is 13.0. The summed E-state index contributed by atoms with van der Waals surface area (Å²) < 4.78 is 65.3. The molecule has 1 aromatic carbocycles. The highest BCUT2D eigenvalue weighted by Crippen LogP contribution is 2.41. The Kier molecular flexibility index (Phi) is 4.32. The van der Waals surface area contributed by atoms with E-state index in [9.17, 15) is 21.6 Å². The van der Waals surface area contributed by atoms with Gasteiger partial charge < -0.3 is 5.73 Å². The SMILES string of the molecule is CC1(CN)CN(S(=O)(=O)c2ccc(C(C)(C)C(F)(F)F)cc2)C1. The highest BCUT2D eigenvalue weighted by atomic mass is 32.2. The molecule has 0 unspecified atom stereocenters. The highest BCUT2D eigenvalue weighted by Gasteiger charge is 2.48. The van der Waals surface area contributed by atoms with Crippen LogP contribution in [0.4, 0.5) is 13.2 Å². The Morgan fingerprint density at radius 1 is 1.17 bits per heavy atom. The first-order valence-corrected chi connectivity index (χ1v) is 8.65. The molecular weight excluding hydrogens is 329 g/mol. The van der Waals surface area contributed by atoms with Crippen LogP contribution >= 0.6 is 0 Å². The van der Waals surface area contributed by atoms with E-state index in [0.717, 1.165) is 13.8 Å². The van der Waals surface area contributed by atoms with Crippen LogP contribution in [0.2, 0.25) is 0 Å². The van der Waals surface area contributed by atoms with Crippen molar-refractivity contribution in [1.29, 1.82) is 0 Å². The third-order valence-corrected chi connectivity index (χ3v) is 6.34. The molecule has 0 aromatic heterocycles. The van der Waals surface area contributed by atoms with Crippen molar-refractivity contribution >= 4 is 10.0 Å². The number of halogens is 3. The van der Waals surface area contributed by atoms with Crippen molar-refractivity contribution in [1.82, 2.24) is 4.31 Å². The van der Waals surface area contributed by atoms with Crippen molar-refractivity contribution in [2.45, 2.75) is 37.3 Å². The van der Waals surface area contributed by atoms with E-state index in [4.69, 9.17) is 5.73 Å². The first kappa shape index (κ1) is 18.2. The largest absolute Gasteiger partial charge is 0.397 e. The predicted molar refractivity (Wildman–Crippen MR) is 81.4 cm³/mol. The van der Waals surface area contributed by atoms with Crippen LogP contribution in [0.25, 0.3) is 0 Å². The van der Waals surface area contributed by atoms with E-state index in [-0.39, 0.29) is 15.9 Å². The molecule has 1 saturated heterocycles. The van der Waals surface area contributed by atoms with Crippen molar-refractivity contribution in [3.63, 3.8) is 0 Å². The molecule has 2 N–H and O–H groups in total. The minimum Gasteiger partial charge on any atom is -0.330 e. The fraction of sp³-hybridized carbons (Fsp3) is 0.600. The Hall–Kier alpha value is -1.12. The summed E-state index contributed by atoms with van der Waals surface area (Å²) in [7, 11) is -3.68. The Bertz CT molecular complexity index is 676. The molecule has 0 aliphatic carbocycles. The van der Waals surface area contributed by atoms with Gasteiger partial charge in [0.05, 0.1) is 10.3 Å². The number of hydrogen-bond donors (Lipinski definition) is 1. The molecule has 1 aromatic rings. The lowest BCUT2D eigenvalue weighted by Gasteiger charge is -2.46. The van der Waals surface area contributed by atoms with Gasteiger partial charge in [0.25, 0.3) is 0 Å². The molecule has 1 aliphatic rings. The van der Waals surface area contributed by atoms with Crippen molar-refractivity contribution in [2.75, 3.05) is 19.6 Å². The number of hydrogen-bond acceptors (Lipinski definition) is 3. The summed E-state index contributed by atoms with van der Waals surface area (Å²) in [5.41, 5.74) is 3.35. The van der Waals surface area contributed by atoms with Gasteiger partial charge in [-0.05, 0) is 31.5 Å². The van der Waals surface area contributed by atoms with E-state index in [1.54, 1.807) is 0 Å². The lowest BCUT2D eigenvalue weighted by atomic mass is 9.84. The minimum atomic E-state index is -4.41. The van der Waals surface area contributed by atoms with Crippen molar-refractivity contribution in [3.8, 4) is 0 Å². The van der Waals surface area contributed by atoms with Crippen LogP contribution in [0, 0.1) is 5.41 Å². The second-order valence-electron chi connectivity index (χ2n) is 6.94. The zero-order chi connectivity index (χ0) is 17.7. The fourth-order valence-electron chi connectivity index (χ4n) is 2.46. The van der Waals surface area contributed by atoms with Crippen LogP contribution in [0.3, 0.4) is 0 Å². The van der Waals surface area contributed by atoms with Gasteiger partial charge in [0.2, 0.25) is 10.0 Å². The summed E-state index contributed by atoms with van der Waals surface area (Å²) in [6.07, 6.45) is -4.41. The molecule has 1 fully saturated rings. The van der Waals surface area contributed by atoms with Crippen molar-refractivity contribution in [2.24, 2.45) is 11.1 Å². The number of rotatable bonds is 4. The number of sulfonamides is 1. The van der Waals surface area contributed by atoms with Crippen LogP contribution in [-0.2, 0) is 15.4 Å². The molecule has 130 valence electrons. The molecule has 0 amide bonds. The van der Waals surface area contributed by atoms with Gasteiger partial charge in [-0.15, -0.1) is 0 Å². The first-order chi connectivity index (χ1) is 10.3. The molecule has 0 radical (unpaired) electrons. The molecule has 23 heavy (non-hydrogen) atoms. The molecular formula is C15H21F3N2O2S. The van der Waals surface area contributed by atoms with Crippen LogP contribution in [-0.4, -0.2) is 38.5 Å². The van der Waals surface area contributed by atoms with Crippen LogP contribution in [0.5, 0.6) is 0 Å². The Morgan fingerprint density at radius 2 is 1.65 bits per heavy atom. The van der Waals surface area contributed by atoms with E-state index in [0.29, 0.717) is 19.6 Å². The molecule has 1 heterocycles. The fourth-order valence-corrected chi connectivity index (χ4v) is 4.20. The number of benzene rings is 1. The highest BCUT2D eigenvalue weighted by molar-refractivity contribution is 7.89. The molecule has 0 saturated carbocycles. The van der Waals surface area contributed by atoms with Crippen LogP contribution in [0.15, 0.2) is 29.2 Å². The third-order valence-electron chi connectivity index (χ3n) is 4.53. The summed E-state index contributed by atoms with van der Waals surface area (Å²) in [6.45, 7) is 5.06. The molecule has 0 atom stereocenters. The third kappa shape index (κ3) is 3.12. The summed E-state index contributed by atoms with van der Waals surface area (Å²) in [4.78, 5) is -0.00158. The van der Waals surface area contributed by atoms with Gasteiger partial charge in [-0.1, -0.05) is 19.1 Å². The number of alkyl halides is 3. The van der Waals surface area contributed by atoms with E-state index in [2.05, 4.69) is 0 Å². The van der Waals surface area contributed by atoms with Gasteiger partial charge in [0.15, 0.2) is 0 Å². The van der Waals surface area contributed by atoms with E-state index in [1.165, 1.54) is 28.6 Å². The smallest absolute Gasteiger partial charge is 0.330 e. The predicted octanol–water partition coefficient (Wildman–Crippen LogP) is 2.50. The van der Waals surface area contributed by atoms with Gasteiger partial charge in [-0.2, -0.15) is 17.5 Å². The standard InChI is InChI=1S/C15H21F3N2O2S/c1-13(2,15(16,17)18)11-4-6-12(7-5-11)23(21,22)20-9-14(3,8-19)10-20/h4-7H,8-10,19H2,1-3H3. The van der Waals surface area contributed by atoms with Gasteiger partial charge >= 0.3 is 6.18 Å². The summed E-state index contributed by atoms with van der Waals surface area (Å²) in [6, 6.07) is 4.91. The summed E-state index contributed by atoms with van der Waals surface area (Å²) in [5.74, 6) is 0. The summed E-state index contributed by atoms with van der Waals surface area (Å²) >= 11 is 0. The average Bonchev–Trinajstić information content (AvgIpc) is 2.42. The first-order valence-electron chi connectivity index (χ1n) is 7.21. The molecule has 0 bridgehead atoms. The zero-order valence-electron chi connectivity index (χ0n) is 13.3. The topological polar surface area (TPSA) is 63.4 Å². The van der Waals surface area contributed by atoms with Gasteiger partial charge in [-0.25, -0.2) is 8.42 Å². The van der Waals surface area contributed by atoms with Gasteiger partial charge in [-0.3, -0.25) is 0 Å². The molecule has 4 nitrogen and oxygen atoms in total. The molecule has 0 spiro atoms. The molecule has 1 aliphatic heterocycles. The molecule has 2 rings (SSSR count). The van der Waals surface area contributed by atoms with E-state index in [1.807, 2.05) is 6.92 Å². The normalized spacial score (nSPS) is 19.4. The van der Waals surface area contributed by atoms with Gasteiger partial charge in [0, 0.05) is 25.0 Å². The quantitative estimate of drug-likeness (QED) is 0.907. The van der Waals surface area contributed by atoms with E-state index < -0.39 is 21.6 Å². The number of nitrogens with two attached hydrogens (primary N) is 1.